The maximum atomic E-state index is 13.1. The molecule has 0 saturated carbocycles. The van der Waals surface area contributed by atoms with Crippen LogP contribution in [0, 0.1) is 0 Å². The molecule has 0 radical (unpaired) electrons. The predicted molar refractivity (Wildman–Crippen MR) is 122 cm³/mol. The summed E-state index contributed by atoms with van der Waals surface area (Å²) in [5, 5.41) is 0.583. The minimum atomic E-state index is -0.387. The van der Waals surface area contributed by atoms with Crippen molar-refractivity contribution in [3.05, 3.63) is 88.8 Å². The average Bonchev–Trinajstić information content (AvgIpc) is 3.29. The molecule has 2 amide bonds. The number of hydrogen-bond donors (Lipinski definition) is 2. The zero-order valence-corrected chi connectivity index (χ0v) is 17.6. The van der Waals surface area contributed by atoms with Crippen molar-refractivity contribution in [2.75, 3.05) is 12.3 Å². The summed E-state index contributed by atoms with van der Waals surface area (Å²) in [6.07, 6.45) is 3.93. The van der Waals surface area contributed by atoms with Gasteiger partial charge in [-0.15, -0.1) is 0 Å². The van der Waals surface area contributed by atoms with Crippen molar-refractivity contribution in [1.82, 2.24) is 19.9 Å². The van der Waals surface area contributed by atoms with Crippen LogP contribution >= 0.6 is 11.6 Å². The summed E-state index contributed by atoms with van der Waals surface area (Å²) in [6.45, 7) is 0.331. The van der Waals surface area contributed by atoms with E-state index in [4.69, 9.17) is 17.3 Å². The van der Waals surface area contributed by atoms with Gasteiger partial charge in [-0.2, -0.15) is 0 Å². The van der Waals surface area contributed by atoms with Crippen LogP contribution in [0.3, 0.4) is 0 Å². The van der Waals surface area contributed by atoms with E-state index in [-0.39, 0.29) is 17.8 Å². The Labute approximate surface area is 188 Å². The van der Waals surface area contributed by atoms with Crippen LogP contribution in [0.1, 0.15) is 26.4 Å². The van der Waals surface area contributed by atoms with Gasteiger partial charge in [0.05, 0.1) is 5.69 Å². The Morgan fingerprint density at radius 1 is 1.06 bits per heavy atom. The number of nitrogens with one attached hydrogen (secondary N) is 1. The van der Waals surface area contributed by atoms with Crippen LogP contribution < -0.4 is 5.73 Å². The SMILES string of the molecule is Nc1ncc(-c2cccc(Cl)c2)c(-c2c[nH]c(C(=O)N3CCc4ccccc4C3=O)c2)n1. The fourth-order valence-electron chi connectivity index (χ4n) is 3.90. The van der Waals surface area contributed by atoms with Gasteiger partial charge in [0.25, 0.3) is 11.8 Å². The van der Waals surface area contributed by atoms with Gasteiger partial charge in [-0.25, -0.2) is 9.97 Å². The zero-order valence-electron chi connectivity index (χ0n) is 16.9. The molecule has 2 aromatic carbocycles. The third-order valence-corrected chi connectivity index (χ3v) is 5.71. The molecule has 8 heteroatoms. The predicted octanol–water partition coefficient (Wildman–Crippen LogP) is 4.21. The maximum absolute atomic E-state index is 13.1. The van der Waals surface area contributed by atoms with E-state index in [2.05, 4.69) is 15.0 Å². The second-order valence-electron chi connectivity index (χ2n) is 7.47. The molecule has 32 heavy (non-hydrogen) atoms. The quantitative estimate of drug-likeness (QED) is 0.461. The van der Waals surface area contributed by atoms with Crippen LogP contribution in [-0.2, 0) is 6.42 Å². The molecule has 0 spiro atoms. The minimum absolute atomic E-state index is 0.114. The monoisotopic (exact) mass is 443 g/mol. The highest BCUT2D eigenvalue weighted by Gasteiger charge is 2.30. The van der Waals surface area contributed by atoms with E-state index in [9.17, 15) is 9.59 Å². The van der Waals surface area contributed by atoms with Gasteiger partial charge < -0.3 is 10.7 Å². The Morgan fingerprint density at radius 2 is 1.91 bits per heavy atom. The second kappa shape index (κ2) is 7.94. The Morgan fingerprint density at radius 3 is 2.75 bits per heavy atom. The van der Waals surface area contributed by atoms with Gasteiger partial charge in [-0.3, -0.25) is 14.5 Å². The average molecular weight is 444 g/mol. The molecule has 2 aromatic heterocycles. The van der Waals surface area contributed by atoms with Crippen LogP contribution in [-0.4, -0.2) is 38.2 Å². The van der Waals surface area contributed by atoms with Crippen LogP contribution in [0.25, 0.3) is 22.4 Å². The minimum Gasteiger partial charge on any atom is -0.368 e. The number of nitrogens with zero attached hydrogens (tertiary/aromatic N) is 3. The van der Waals surface area contributed by atoms with Gasteiger partial charge in [-0.05, 0) is 41.8 Å². The summed E-state index contributed by atoms with van der Waals surface area (Å²) in [5.41, 5.74) is 10.4. The summed E-state index contributed by atoms with van der Waals surface area (Å²) in [7, 11) is 0. The molecule has 3 heterocycles. The van der Waals surface area contributed by atoms with Crippen LogP contribution in [0.4, 0.5) is 5.95 Å². The highest BCUT2D eigenvalue weighted by atomic mass is 35.5. The number of amides is 2. The highest BCUT2D eigenvalue weighted by Crippen LogP contribution is 2.32. The van der Waals surface area contributed by atoms with E-state index >= 15 is 0 Å². The third kappa shape index (κ3) is 3.52. The molecule has 4 aromatic rings. The van der Waals surface area contributed by atoms with E-state index in [0.717, 1.165) is 16.7 Å². The van der Waals surface area contributed by atoms with Gasteiger partial charge in [0.15, 0.2) is 0 Å². The molecule has 0 bridgehead atoms. The number of aromatic amines is 1. The lowest BCUT2D eigenvalue weighted by molar-refractivity contribution is 0.0602. The highest BCUT2D eigenvalue weighted by molar-refractivity contribution is 6.30. The second-order valence-corrected chi connectivity index (χ2v) is 7.91. The van der Waals surface area contributed by atoms with Crippen LogP contribution in [0.2, 0.25) is 5.02 Å². The summed E-state index contributed by atoms with van der Waals surface area (Å²) < 4.78 is 0. The van der Waals surface area contributed by atoms with Crippen molar-refractivity contribution in [3.63, 3.8) is 0 Å². The Bertz CT molecular complexity index is 1360. The number of anilines is 1. The maximum Gasteiger partial charge on any atom is 0.277 e. The van der Waals surface area contributed by atoms with Gasteiger partial charge in [0.1, 0.15) is 5.69 Å². The summed E-state index contributed by atoms with van der Waals surface area (Å²) in [4.78, 5) is 38.8. The molecular weight excluding hydrogens is 426 g/mol. The number of H-pyrrole nitrogens is 1. The van der Waals surface area contributed by atoms with Crippen molar-refractivity contribution >= 4 is 29.4 Å². The molecule has 5 rings (SSSR count). The third-order valence-electron chi connectivity index (χ3n) is 5.47. The standard InChI is InChI=1S/C24H18ClN5O2/c25-17-6-3-5-15(10-17)19-13-28-24(26)29-21(19)16-11-20(27-12-16)23(32)30-9-8-14-4-1-2-7-18(14)22(30)31/h1-7,10-13,27H,8-9H2,(H2,26,28,29). The van der Waals surface area contributed by atoms with Gasteiger partial charge in [-0.1, -0.05) is 41.9 Å². The zero-order chi connectivity index (χ0) is 22.2. The number of imide groups is 1. The fraction of sp³-hybridized carbons (Fsp3) is 0.0833. The summed E-state index contributed by atoms with van der Waals surface area (Å²) >= 11 is 6.15. The molecule has 0 aliphatic carbocycles. The van der Waals surface area contributed by atoms with Gasteiger partial charge >= 0.3 is 0 Å². The van der Waals surface area contributed by atoms with Crippen LogP contribution in [0.5, 0.6) is 0 Å². The fourth-order valence-corrected chi connectivity index (χ4v) is 4.09. The van der Waals surface area contributed by atoms with E-state index < -0.39 is 0 Å². The largest absolute Gasteiger partial charge is 0.368 e. The van der Waals surface area contributed by atoms with Gasteiger partial charge in [0.2, 0.25) is 5.95 Å². The topological polar surface area (TPSA) is 105 Å². The molecule has 0 atom stereocenters. The van der Waals surface area contributed by atoms with Crippen molar-refractivity contribution in [1.29, 1.82) is 0 Å². The smallest absolute Gasteiger partial charge is 0.277 e. The molecule has 0 unspecified atom stereocenters. The number of carbonyl (C=O) groups excluding carboxylic acids is 2. The normalized spacial score (nSPS) is 13.2. The Balaban J connectivity index is 1.49. The number of benzene rings is 2. The number of nitrogen functional groups attached to an aromatic ring is 1. The number of carbonyl (C=O) groups is 2. The lowest BCUT2D eigenvalue weighted by Crippen LogP contribution is -2.42. The number of nitrogens with two attached hydrogens (primary N) is 1. The van der Waals surface area contributed by atoms with Crippen molar-refractivity contribution < 1.29 is 9.59 Å². The molecule has 1 aliphatic heterocycles. The first-order valence-corrected chi connectivity index (χ1v) is 10.4. The Kier molecular flexibility index (Phi) is 4.95. The molecule has 7 nitrogen and oxygen atoms in total. The Hall–Kier alpha value is -3.97. The number of hydrogen-bond acceptors (Lipinski definition) is 5. The number of fused-ring (bicyclic) bond motifs is 1. The van der Waals surface area contributed by atoms with E-state index in [1.165, 1.54) is 4.90 Å². The molecular formula is C24H18ClN5O2. The molecule has 1 aliphatic rings. The van der Waals surface area contributed by atoms with Crippen molar-refractivity contribution in [2.45, 2.75) is 6.42 Å². The number of halogens is 1. The summed E-state index contributed by atoms with van der Waals surface area (Å²) in [5.74, 6) is -0.566. The van der Waals surface area contributed by atoms with Crippen molar-refractivity contribution in [3.8, 4) is 22.4 Å². The first-order valence-electron chi connectivity index (χ1n) is 10.0. The van der Waals surface area contributed by atoms with Gasteiger partial charge in [0, 0.05) is 40.7 Å². The number of aromatic nitrogens is 3. The lowest BCUT2D eigenvalue weighted by atomic mass is 9.99. The molecule has 0 saturated heterocycles. The van der Waals surface area contributed by atoms with E-state index in [0.29, 0.717) is 40.5 Å². The number of rotatable bonds is 3. The lowest BCUT2D eigenvalue weighted by Gasteiger charge is -2.26. The van der Waals surface area contributed by atoms with Crippen LogP contribution in [0.15, 0.2) is 67.0 Å². The van der Waals surface area contributed by atoms with E-state index in [1.54, 1.807) is 36.7 Å². The molecule has 158 valence electrons. The molecule has 0 fully saturated rings. The van der Waals surface area contributed by atoms with Crippen molar-refractivity contribution in [2.24, 2.45) is 0 Å². The molecule has 3 N–H and O–H groups in total. The van der Waals surface area contributed by atoms with E-state index in [1.807, 2.05) is 30.3 Å². The summed E-state index contributed by atoms with van der Waals surface area (Å²) in [6, 6.07) is 16.4. The first kappa shape index (κ1) is 20.0. The first-order chi connectivity index (χ1) is 15.5.